The van der Waals surface area contributed by atoms with Gasteiger partial charge in [0.15, 0.2) is 6.04 Å². The van der Waals surface area contributed by atoms with Crippen LogP contribution in [0, 0.1) is 0 Å². The molecule has 0 spiro atoms. The van der Waals surface area contributed by atoms with Crippen LogP contribution in [-0.2, 0) is 9.59 Å². The van der Waals surface area contributed by atoms with Gasteiger partial charge in [0, 0.05) is 6.42 Å². The number of urea groups is 1. The third-order valence-corrected chi connectivity index (χ3v) is 3.26. The highest BCUT2D eigenvalue weighted by atomic mass is 16.4. The smallest absolute Gasteiger partial charge is 0.328 e. The van der Waals surface area contributed by atoms with Crippen molar-refractivity contribution in [3.8, 4) is 0 Å². The molecule has 1 aromatic heterocycles. The molecule has 1 aromatic rings. The zero-order valence-electron chi connectivity index (χ0n) is 13.8. The number of nitrogens with one attached hydrogen (secondary N) is 2. The number of hydrogen-bond donors (Lipinski definition) is 7. The second-order valence-electron chi connectivity index (χ2n) is 5.43. The summed E-state index contributed by atoms with van der Waals surface area (Å²) < 4.78 is 5.22. The summed E-state index contributed by atoms with van der Waals surface area (Å²) in [7, 11) is 0. The van der Waals surface area contributed by atoms with Crippen LogP contribution in [0.2, 0.25) is 0 Å². The second kappa shape index (κ2) is 9.65. The van der Waals surface area contributed by atoms with Crippen LogP contribution in [0.3, 0.4) is 0 Å². The predicted octanol–water partition coefficient (Wildman–Crippen LogP) is -1.90. The molecule has 0 aliphatic heterocycles. The van der Waals surface area contributed by atoms with Crippen LogP contribution in [0.15, 0.2) is 4.42 Å². The van der Waals surface area contributed by atoms with Gasteiger partial charge >= 0.3 is 18.0 Å². The highest BCUT2D eigenvalue weighted by molar-refractivity contribution is 5.83. The molecule has 0 saturated carbocycles. The largest absolute Gasteiger partial charge is 0.481 e. The Morgan fingerprint density at radius 2 is 1.81 bits per heavy atom. The molecule has 13 heteroatoms. The molecule has 13 nitrogen and oxygen atoms in total. The van der Waals surface area contributed by atoms with Crippen LogP contribution in [0.4, 0.5) is 4.79 Å². The van der Waals surface area contributed by atoms with Gasteiger partial charge in [0.05, 0.1) is 12.7 Å². The van der Waals surface area contributed by atoms with E-state index in [4.69, 9.17) is 25.5 Å². The van der Waals surface area contributed by atoms with E-state index in [1.807, 2.05) is 5.32 Å². The third kappa shape index (κ3) is 6.27. The fourth-order valence-electron chi connectivity index (χ4n) is 1.87. The van der Waals surface area contributed by atoms with Crippen molar-refractivity contribution in [2.45, 2.75) is 44.0 Å². The number of nitrogens with zero attached hydrogens (tertiary/aromatic N) is 2. The van der Waals surface area contributed by atoms with Gasteiger partial charge < -0.3 is 41.2 Å². The summed E-state index contributed by atoms with van der Waals surface area (Å²) >= 11 is 0. The molecule has 1 heterocycles. The number of aliphatic hydroxyl groups is 2. The number of carboxylic acids is 2. The number of carboxylic acid groups (broad SMARTS) is 2. The molecule has 146 valence electrons. The van der Waals surface area contributed by atoms with E-state index in [1.54, 1.807) is 0 Å². The number of aromatic nitrogens is 2. The molecule has 0 aromatic carbocycles. The zero-order valence-corrected chi connectivity index (χ0v) is 13.8. The maximum absolute atomic E-state index is 12.0. The SMILES string of the molecule is CC(O)C(NC(=O)NC(CCC(=O)O)c1nnc(C(N)CO)o1)C(=O)O. The van der Waals surface area contributed by atoms with Crippen LogP contribution < -0.4 is 16.4 Å². The zero-order chi connectivity index (χ0) is 19.9. The number of carbonyl (C=O) groups is 3. The van der Waals surface area contributed by atoms with E-state index < -0.39 is 48.8 Å². The number of amides is 2. The van der Waals surface area contributed by atoms with Crippen LogP contribution in [0.25, 0.3) is 0 Å². The number of aliphatic carboxylic acids is 2. The maximum Gasteiger partial charge on any atom is 0.328 e. The van der Waals surface area contributed by atoms with Gasteiger partial charge in [-0.25, -0.2) is 9.59 Å². The fourth-order valence-corrected chi connectivity index (χ4v) is 1.87. The Bertz CT molecular complexity index is 634. The van der Waals surface area contributed by atoms with Gasteiger partial charge in [-0.2, -0.15) is 0 Å². The lowest BCUT2D eigenvalue weighted by atomic mass is 10.1. The summed E-state index contributed by atoms with van der Waals surface area (Å²) in [5.41, 5.74) is 5.53. The normalized spacial score (nSPS) is 15.5. The van der Waals surface area contributed by atoms with E-state index in [2.05, 4.69) is 15.5 Å². The van der Waals surface area contributed by atoms with Gasteiger partial charge in [0.25, 0.3) is 0 Å². The van der Waals surface area contributed by atoms with E-state index in [9.17, 15) is 19.5 Å². The molecule has 8 N–H and O–H groups in total. The Morgan fingerprint density at radius 1 is 1.19 bits per heavy atom. The number of carbonyl (C=O) groups excluding carboxylic acids is 1. The number of rotatable bonds is 10. The molecule has 0 fully saturated rings. The van der Waals surface area contributed by atoms with Crippen molar-refractivity contribution in [2.24, 2.45) is 5.73 Å². The Hall–Kier alpha value is -2.77. The van der Waals surface area contributed by atoms with Crippen LogP contribution in [-0.4, -0.2) is 67.3 Å². The van der Waals surface area contributed by atoms with Crippen LogP contribution >= 0.6 is 0 Å². The average Bonchev–Trinajstić information content (AvgIpc) is 3.04. The summed E-state index contributed by atoms with van der Waals surface area (Å²) in [6.07, 6.45) is -1.85. The highest BCUT2D eigenvalue weighted by Crippen LogP contribution is 2.19. The lowest BCUT2D eigenvalue weighted by Gasteiger charge is -2.20. The number of aliphatic hydroxyl groups excluding tert-OH is 2. The first kappa shape index (κ1) is 21.3. The summed E-state index contributed by atoms with van der Waals surface area (Å²) in [5.74, 6) is -2.87. The van der Waals surface area contributed by atoms with Crippen molar-refractivity contribution in [1.82, 2.24) is 20.8 Å². The fraction of sp³-hybridized carbons (Fsp3) is 0.615. The number of nitrogens with two attached hydrogens (primary N) is 1. The van der Waals surface area contributed by atoms with E-state index in [0.29, 0.717) is 0 Å². The minimum Gasteiger partial charge on any atom is -0.481 e. The number of hydrogen-bond acceptors (Lipinski definition) is 9. The summed E-state index contributed by atoms with van der Waals surface area (Å²) in [5, 5.41) is 47.7. The average molecular weight is 375 g/mol. The van der Waals surface area contributed by atoms with Gasteiger partial charge in [-0.05, 0) is 13.3 Å². The second-order valence-corrected chi connectivity index (χ2v) is 5.43. The van der Waals surface area contributed by atoms with Gasteiger partial charge in [0.1, 0.15) is 12.1 Å². The molecule has 0 radical (unpaired) electrons. The van der Waals surface area contributed by atoms with Crippen molar-refractivity contribution in [2.75, 3.05) is 6.61 Å². The highest BCUT2D eigenvalue weighted by Gasteiger charge is 2.28. The maximum atomic E-state index is 12.0. The molecule has 2 amide bonds. The first-order valence-electron chi connectivity index (χ1n) is 7.55. The Labute approximate surface area is 147 Å². The van der Waals surface area contributed by atoms with Crippen molar-refractivity contribution < 1.29 is 39.2 Å². The molecule has 0 aliphatic carbocycles. The molecular weight excluding hydrogens is 354 g/mol. The van der Waals surface area contributed by atoms with Crippen LogP contribution in [0.5, 0.6) is 0 Å². The van der Waals surface area contributed by atoms with E-state index in [0.717, 1.165) is 0 Å². The predicted molar refractivity (Wildman–Crippen MR) is 82.7 cm³/mol. The third-order valence-electron chi connectivity index (χ3n) is 3.26. The van der Waals surface area contributed by atoms with E-state index in [-0.39, 0.29) is 24.6 Å². The monoisotopic (exact) mass is 375 g/mol. The quantitative estimate of drug-likeness (QED) is 0.239. The summed E-state index contributed by atoms with van der Waals surface area (Å²) in [6.45, 7) is 0.714. The topological polar surface area (TPSA) is 221 Å². The summed E-state index contributed by atoms with van der Waals surface area (Å²) in [4.78, 5) is 33.8. The molecular formula is C13H21N5O8. The molecule has 0 aliphatic rings. The van der Waals surface area contributed by atoms with Gasteiger partial charge in [-0.15, -0.1) is 10.2 Å². The Morgan fingerprint density at radius 3 is 2.31 bits per heavy atom. The van der Waals surface area contributed by atoms with Crippen molar-refractivity contribution in [3.05, 3.63) is 11.8 Å². The molecule has 0 bridgehead atoms. The first-order chi connectivity index (χ1) is 12.1. The van der Waals surface area contributed by atoms with Gasteiger partial charge in [0.2, 0.25) is 11.8 Å². The standard InChI is InChI=1S/C13H21N5O8/c1-5(20)9(12(23)24)16-13(25)15-7(2-3-8(21)22)11-18-17-10(26-11)6(14)4-19/h5-7,9,19-20H,2-4,14H2,1H3,(H,21,22)(H,23,24)(H2,15,16,25). The lowest BCUT2D eigenvalue weighted by molar-refractivity contribution is -0.141. The van der Waals surface area contributed by atoms with Crippen molar-refractivity contribution in [1.29, 1.82) is 0 Å². The molecule has 4 unspecified atom stereocenters. The molecule has 0 saturated heterocycles. The molecule has 26 heavy (non-hydrogen) atoms. The van der Waals surface area contributed by atoms with Gasteiger partial charge in [-0.3, -0.25) is 4.79 Å². The Kier molecular flexibility index (Phi) is 7.89. The summed E-state index contributed by atoms with van der Waals surface area (Å²) in [6, 6.07) is -4.56. The molecule has 4 atom stereocenters. The van der Waals surface area contributed by atoms with Crippen LogP contribution in [0.1, 0.15) is 43.6 Å². The minimum absolute atomic E-state index is 0.113. The van der Waals surface area contributed by atoms with Crippen molar-refractivity contribution >= 4 is 18.0 Å². The Balaban J connectivity index is 2.89. The molecule has 1 rings (SSSR count). The first-order valence-corrected chi connectivity index (χ1v) is 7.55. The van der Waals surface area contributed by atoms with Crippen molar-refractivity contribution in [3.63, 3.8) is 0 Å². The van der Waals surface area contributed by atoms with Gasteiger partial charge in [-0.1, -0.05) is 0 Å². The lowest BCUT2D eigenvalue weighted by Crippen LogP contribution is -2.51. The van der Waals surface area contributed by atoms with E-state index >= 15 is 0 Å². The van der Waals surface area contributed by atoms with E-state index in [1.165, 1.54) is 6.92 Å². The minimum atomic E-state index is -1.57.